The first kappa shape index (κ1) is 13.1. The summed E-state index contributed by atoms with van der Waals surface area (Å²) < 4.78 is 0. The fourth-order valence-electron chi connectivity index (χ4n) is 1.97. The molecule has 3 heteroatoms. The molecule has 1 heterocycles. The van der Waals surface area contributed by atoms with Gasteiger partial charge in [0, 0.05) is 12.2 Å². The third-order valence-electron chi connectivity index (χ3n) is 3.17. The molecule has 19 heavy (non-hydrogen) atoms. The molecule has 1 atom stereocenters. The molecule has 0 bridgehead atoms. The van der Waals surface area contributed by atoms with Crippen LogP contribution in [-0.4, -0.2) is 4.98 Å². The molecule has 0 saturated carbocycles. The van der Waals surface area contributed by atoms with Gasteiger partial charge in [-0.15, -0.1) is 0 Å². The predicted octanol–water partition coefficient (Wildman–Crippen LogP) is 3.69. The standard InChI is InChI=1S/C16H17N3/c1-3-13-6-8-14(9-7-13)12(2)19-15-5-4-10-18-16(15)11-17/h4-10,12,19H,3H2,1-2H3. The summed E-state index contributed by atoms with van der Waals surface area (Å²) >= 11 is 0. The van der Waals surface area contributed by atoms with Crippen molar-refractivity contribution in [2.24, 2.45) is 0 Å². The first-order valence-electron chi connectivity index (χ1n) is 6.45. The average Bonchev–Trinajstić information content (AvgIpc) is 2.48. The zero-order valence-electron chi connectivity index (χ0n) is 11.2. The monoisotopic (exact) mass is 251 g/mol. The molecular weight excluding hydrogens is 234 g/mol. The van der Waals surface area contributed by atoms with Crippen LogP contribution < -0.4 is 5.32 Å². The van der Waals surface area contributed by atoms with Gasteiger partial charge in [0.05, 0.1) is 5.69 Å². The molecule has 0 saturated heterocycles. The molecule has 2 rings (SSSR count). The Kier molecular flexibility index (Phi) is 4.15. The van der Waals surface area contributed by atoms with Crippen molar-refractivity contribution in [1.29, 1.82) is 5.26 Å². The number of nitrogens with zero attached hydrogens (tertiary/aromatic N) is 2. The summed E-state index contributed by atoms with van der Waals surface area (Å²) in [5, 5.41) is 12.3. The van der Waals surface area contributed by atoms with Crippen LogP contribution >= 0.6 is 0 Å². The number of benzene rings is 1. The molecule has 0 aliphatic rings. The molecule has 3 nitrogen and oxygen atoms in total. The largest absolute Gasteiger partial charge is 0.376 e. The third kappa shape index (κ3) is 3.11. The van der Waals surface area contributed by atoms with E-state index in [1.54, 1.807) is 6.20 Å². The Labute approximate surface area is 113 Å². The minimum atomic E-state index is 0.141. The summed E-state index contributed by atoms with van der Waals surface area (Å²) in [4.78, 5) is 4.05. The average molecular weight is 251 g/mol. The lowest BCUT2D eigenvalue weighted by atomic mass is 10.0. The molecule has 1 aromatic heterocycles. The number of hydrogen-bond donors (Lipinski definition) is 1. The third-order valence-corrected chi connectivity index (χ3v) is 3.17. The molecule has 0 fully saturated rings. The lowest BCUT2D eigenvalue weighted by molar-refractivity contribution is 0.879. The highest BCUT2D eigenvalue weighted by molar-refractivity contribution is 5.54. The Bertz CT molecular complexity index is 582. The van der Waals surface area contributed by atoms with Gasteiger partial charge in [0.15, 0.2) is 5.69 Å². The van der Waals surface area contributed by atoms with E-state index >= 15 is 0 Å². The van der Waals surface area contributed by atoms with Crippen molar-refractivity contribution in [3.05, 3.63) is 59.4 Å². The molecular formula is C16H17N3. The Morgan fingerprint density at radius 1 is 1.26 bits per heavy atom. The number of nitrogens with one attached hydrogen (secondary N) is 1. The molecule has 96 valence electrons. The number of aryl methyl sites for hydroxylation is 1. The van der Waals surface area contributed by atoms with Gasteiger partial charge in [-0.2, -0.15) is 5.26 Å². The van der Waals surface area contributed by atoms with Crippen LogP contribution in [0.5, 0.6) is 0 Å². The second-order valence-corrected chi connectivity index (χ2v) is 4.47. The van der Waals surface area contributed by atoms with E-state index in [4.69, 9.17) is 5.26 Å². The highest BCUT2D eigenvalue weighted by Gasteiger charge is 2.08. The molecule has 2 aromatic rings. The maximum Gasteiger partial charge on any atom is 0.163 e. The summed E-state index contributed by atoms with van der Waals surface area (Å²) in [6, 6.07) is 14.5. The summed E-state index contributed by atoms with van der Waals surface area (Å²) in [5.74, 6) is 0. The van der Waals surface area contributed by atoms with Gasteiger partial charge >= 0.3 is 0 Å². The van der Waals surface area contributed by atoms with Gasteiger partial charge in [0.2, 0.25) is 0 Å². The number of rotatable bonds is 4. The van der Waals surface area contributed by atoms with E-state index in [9.17, 15) is 0 Å². The molecule has 0 radical (unpaired) electrons. The Balaban J connectivity index is 2.16. The van der Waals surface area contributed by atoms with E-state index in [0.29, 0.717) is 5.69 Å². The van der Waals surface area contributed by atoms with Crippen LogP contribution in [0.15, 0.2) is 42.6 Å². The van der Waals surface area contributed by atoms with Crippen LogP contribution in [0, 0.1) is 11.3 Å². The fourth-order valence-corrected chi connectivity index (χ4v) is 1.97. The zero-order valence-corrected chi connectivity index (χ0v) is 11.2. The van der Waals surface area contributed by atoms with Gasteiger partial charge in [0.25, 0.3) is 0 Å². The van der Waals surface area contributed by atoms with Gasteiger partial charge in [-0.3, -0.25) is 0 Å². The van der Waals surface area contributed by atoms with Crippen LogP contribution in [0.3, 0.4) is 0 Å². The highest BCUT2D eigenvalue weighted by atomic mass is 14.9. The maximum absolute atomic E-state index is 9.02. The number of pyridine rings is 1. The first-order chi connectivity index (χ1) is 9.24. The van der Waals surface area contributed by atoms with Crippen LogP contribution in [0.4, 0.5) is 5.69 Å². The Morgan fingerprint density at radius 2 is 2.00 bits per heavy atom. The molecule has 0 spiro atoms. The van der Waals surface area contributed by atoms with Crippen molar-refractivity contribution in [2.45, 2.75) is 26.3 Å². The molecule has 1 aromatic carbocycles. The lowest BCUT2D eigenvalue weighted by Gasteiger charge is -2.16. The topological polar surface area (TPSA) is 48.7 Å². The van der Waals surface area contributed by atoms with Gasteiger partial charge in [-0.25, -0.2) is 4.98 Å². The SMILES string of the molecule is CCc1ccc(C(C)Nc2cccnc2C#N)cc1. The van der Waals surface area contributed by atoms with Crippen molar-refractivity contribution < 1.29 is 0 Å². The molecule has 0 aliphatic carbocycles. The maximum atomic E-state index is 9.02. The smallest absolute Gasteiger partial charge is 0.163 e. The van der Waals surface area contributed by atoms with Crippen LogP contribution in [-0.2, 0) is 6.42 Å². The zero-order chi connectivity index (χ0) is 13.7. The van der Waals surface area contributed by atoms with Crippen molar-refractivity contribution in [1.82, 2.24) is 4.98 Å². The molecule has 0 aliphatic heterocycles. The number of hydrogen-bond acceptors (Lipinski definition) is 3. The summed E-state index contributed by atoms with van der Waals surface area (Å²) in [6.45, 7) is 4.22. The van der Waals surface area contributed by atoms with E-state index in [1.165, 1.54) is 11.1 Å². The van der Waals surface area contributed by atoms with E-state index in [2.05, 4.69) is 54.5 Å². The predicted molar refractivity (Wildman–Crippen MR) is 76.8 cm³/mol. The van der Waals surface area contributed by atoms with Gasteiger partial charge in [-0.1, -0.05) is 31.2 Å². The van der Waals surface area contributed by atoms with E-state index < -0.39 is 0 Å². The Morgan fingerprint density at radius 3 is 2.63 bits per heavy atom. The molecule has 0 amide bonds. The van der Waals surface area contributed by atoms with Gasteiger partial charge < -0.3 is 5.32 Å². The lowest BCUT2D eigenvalue weighted by Crippen LogP contribution is -2.08. The van der Waals surface area contributed by atoms with Crippen molar-refractivity contribution in [3.8, 4) is 6.07 Å². The normalized spacial score (nSPS) is 11.6. The van der Waals surface area contributed by atoms with E-state index in [-0.39, 0.29) is 6.04 Å². The summed E-state index contributed by atoms with van der Waals surface area (Å²) in [7, 11) is 0. The van der Waals surface area contributed by atoms with Gasteiger partial charge in [-0.05, 0) is 36.6 Å². The number of nitriles is 1. The second-order valence-electron chi connectivity index (χ2n) is 4.47. The second kappa shape index (κ2) is 6.01. The highest BCUT2D eigenvalue weighted by Crippen LogP contribution is 2.21. The summed E-state index contributed by atoms with van der Waals surface area (Å²) in [5.41, 5.74) is 3.73. The van der Waals surface area contributed by atoms with Crippen molar-refractivity contribution in [3.63, 3.8) is 0 Å². The number of anilines is 1. The van der Waals surface area contributed by atoms with Crippen LogP contribution in [0.25, 0.3) is 0 Å². The number of aromatic nitrogens is 1. The summed E-state index contributed by atoms with van der Waals surface area (Å²) in [6.07, 6.45) is 2.67. The van der Waals surface area contributed by atoms with E-state index in [1.807, 2.05) is 12.1 Å². The van der Waals surface area contributed by atoms with Crippen molar-refractivity contribution >= 4 is 5.69 Å². The first-order valence-corrected chi connectivity index (χ1v) is 6.45. The van der Waals surface area contributed by atoms with Crippen LogP contribution in [0.2, 0.25) is 0 Å². The van der Waals surface area contributed by atoms with Crippen LogP contribution in [0.1, 0.15) is 36.7 Å². The quantitative estimate of drug-likeness (QED) is 0.901. The molecule has 1 unspecified atom stereocenters. The van der Waals surface area contributed by atoms with Crippen molar-refractivity contribution in [2.75, 3.05) is 5.32 Å². The molecule has 1 N–H and O–H groups in total. The fraction of sp³-hybridized carbons (Fsp3) is 0.250. The van der Waals surface area contributed by atoms with E-state index in [0.717, 1.165) is 12.1 Å². The Hall–Kier alpha value is -2.34. The van der Waals surface area contributed by atoms with Gasteiger partial charge in [0.1, 0.15) is 6.07 Å². The minimum Gasteiger partial charge on any atom is -0.376 e. The minimum absolute atomic E-state index is 0.141.